The third-order valence-corrected chi connectivity index (χ3v) is 5.52. The van der Waals surface area contributed by atoms with Gasteiger partial charge in [-0.05, 0) is 49.4 Å². The Morgan fingerprint density at radius 1 is 0.857 bits per heavy atom. The number of aryl methyl sites for hydroxylation is 1. The van der Waals surface area contributed by atoms with Crippen LogP contribution in [0.2, 0.25) is 0 Å². The van der Waals surface area contributed by atoms with E-state index in [-0.39, 0.29) is 0 Å². The normalized spacial score (nSPS) is 14.5. The lowest BCUT2D eigenvalue weighted by molar-refractivity contribution is 0.573. The molecule has 0 spiro atoms. The van der Waals surface area contributed by atoms with Gasteiger partial charge in [-0.1, -0.05) is 35.9 Å². The summed E-state index contributed by atoms with van der Waals surface area (Å²) < 4.78 is 0. The molecule has 1 fully saturated rings. The van der Waals surface area contributed by atoms with Gasteiger partial charge < -0.3 is 4.90 Å². The van der Waals surface area contributed by atoms with Gasteiger partial charge in [0.1, 0.15) is 17.8 Å². The van der Waals surface area contributed by atoms with Gasteiger partial charge >= 0.3 is 0 Å². The molecule has 2 aromatic carbocycles. The largest absolute Gasteiger partial charge is 0.357 e. The van der Waals surface area contributed by atoms with Crippen LogP contribution in [0.4, 0.5) is 5.82 Å². The van der Waals surface area contributed by atoms with Crippen molar-refractivity contribution in [2.75, 3.05) is 18.0 Å². The van der Waals surface area contributed by atoms with Gasteiger partial charge in [0.05, 0.1) is 11.2 Å². The van der Waals surface area contributed by atoms with Crippen molar-refractivity contribution in [2.24, 2.45) is 0 Å². The molecule has 0 aliphatic carbocycles. The van der Waals surface area contributed by atoms with Crippen LogP contribution in [0.3, 0.4) is 0 Å². The first-order valence-corrected chi connectivity index (χ1v) is 9.90. The third kappa shape index (κ3) is 3.13. The van der Waals surface area contributed by atoms with E-state index in [9.17, 15) is 0 Å². The van der Waals surface area contributed by atoms with Crippen molar-refractivity contribution in [1.82, 2.24) is 20.2 Å². The number of hydrogen-bond acceptors (Lipinski definition) is 4. The van der Waals surface area contributed by atoms with Gasteiger partial charge in [0.2, 0.25) is 0 Å². The van der Waals surface area contributed by atoms with Gasteiger partial charge in [-0.25, -0.2) is 9.97 Å². The average Bonchev–Trinajstić information content (AvgIpc) is 3.18. The highest BCUT2D eigenvalue weighted by Crippen LogP contribution is 2.31. The molecule has 0 amide bonds. The molecular weight excluding hydrogens is 346 g/mol. The average molecular weight is 369 g/mol. The number of nitrogens with one attached hydrogen (secondary N) is 1. The van der Waals surface area contributed by atoms with Crippen molar-refractivity contribution < 1.29 is 0 Å². The molecule has 0 unspecified atom stereocenters. The van der Waals surface area contributed by atoms with Crippen LogP contribution in [0.1, 0.15) is 24.8 Å². The second kappa shape index (κ2) is 7.08. The molecule has 0 bridgehead atoms. The molecule has 1 aliphatic heterocycles. The maximum Gasteiger partial charge on any atom is 0.132 e. The second-order valence-electron chi connectivity index (χ2n) is 7.51. The van der Waals surface area contributed by atoms with Crippen molar-refractivity contribution in [3.63, 3.8) is 0 Å². The molecular formula is C23H23N5. The van der Waals surface area contributed by atoms with E-state index in [1.54, 1.807) is 6.33 Å². The number of hydrogen-bond donors (Lipinski definition) is 1. The smallest absolute Gasteiger partial charge is 0.132 e. The maximum atomic E-state index is 4.57. The van der Waals surface area contributed by atoms with E-state index in [1.807, 2.05) is 0 Å². The van der Waals surface area contributed by atoms with E-state index < -0.39 is 0 Å². The first-order chi connectivity index (χ1) is 13.8. The maximum absolute atomic E-state index is 4.57. The molecule has 0 saturated carbocycles. The van der Waals surface area contributed by atoms with Gasteiger partial charge in [-0.3, -0.25) is 5.10 Å². The van der Waals surface area contributed by atoms with Crippen LogP contribution in [0.25, 0.3) is 33.4 Å². The Balaban J connectivity index is 1.55. The number of aromatic amines is 1. The SMILES string of the molecule is Cc1ccc(-c2ccc3[nH]nc(-c4cc(N5CCCCC5)ncn4)c3c2)cc1. The molecule has 3 heterocycles. The van der Waals surface area contributed by atoms with E-state index >= 15 is 0 Å². The topological polar surface area (TPSA) is 57.7 Å². The number of benzene rings is 2. The second-order valence-corrected chi connectivity index (χ2v) is 7.51. The van der Waals surface area contributed by atoms with Gasteiger partial charge in [-0.15, -0.1) is 0 Å². The molecule has 0 atom stereocenters. The molecule has 1 aliphatic rings. The molecule has 5 rings (SSSR count). The lowest BCUT2D eigenvalue weighted by atomic mass is 10.0. The lowest BCUT2D eigenvalue weighted by Crippen LogP contribution is -2.30. The number of piperidine rings is 1. The van der Waals surface area contributed by atoms with E-state index in [2.05, 4.69) is 80.5 Å². The van der Waals surface area contributed by atoms with E-state index in [4.69, 9.17) is 0 Å². The summed E-state index contributed by atoms with van der Waals surface area (Å²) in [5.74, 6) is 0.996. The molecule has 140 valence electrons. The molecule has 5 heteroatoms. The number of aromatic nitrogens is 4. The number of rotatable bonds is 3. The highest BCUT2D eigenvalue weighted by molar-refractivity contribution is 5.95. The number of anilines is 1. The molecule has 4 aromatic rings. The number of H-pyrrole nitrogens is 1. The highest BCUT2D eigenvalue weighted by atomic mass is 15.2. The highest BCUT2D eigenvalue weighted by Gasteiger charge is 2.16. The van der Waals surface area contributed by atoms with Crippen LogP contribution in [0, 0.1) is 6.92 Å². The predicted molar refractivity (Wildman–Crippen MR) is 113 cm³/mol. The fourth-order valence-electron chi connectivity index (χ4n) is 3.91. The first kappa shape index (κ1) is 16.9. The Hall–Kier alpha value is -3.21. The summed E-state index contributed by atoms with van der Waals surface area (Å²) in [5.41, 5.74) is 6.41. The summed E-state index contributed by atoms with van der Waals surface area (Å²) in [7, 11) is 0. The van der Waals surface area contributed by atoms with Crippen molar-refractivity contribution >= 4 is 16.7 Å². The number of fused-ring (bicyclic) bond motifs is 1. The van der Waals surface area contributed by atoms with Crippen molar-refractivity contribution in [1.29, 1.82) is 0 Å². The fourth-order valence-corrected chi connectivity index (χ4v) is 3.91. The summed E-state index contributed by atoms with van der Waals surface area (Å²) in [6.45, 7) is 4.24. The molecule has 1 N–H and O–H groups in total. The van der Waals surface area contributed by atoms with Crippen molar-refractivity contribution in [3.05, 3.63) is 60.4 Å². The zero-order valence-electron chi connectivity index (χ0n) is 16.0. The summed E-state index contributed by atoms with van der Waals surface area (Å²) in [4.78, 5) is 11.4. The zero-order valence-corrected chi connectivity index (χ0v) is 16.0. The molecule has 0 radical (unpaired) electrons. The van der Waals surface area contributed by atoms with Crippen LogP contribution in [0.15, 0.2) is 54.9 Å². The van der Waals surface area contributed by atoms with Crippen LogP contribution in [-0.4, -0.2) is 33.3 Å². The van der Waals surface area contributed by atoms with Crippen molar-refractivity contribution in [2.45, 2.75) is 26.2 Å². The standard InChI is InChI=1S/C23H23N5/c1-16-5-7-17(8-6-16)18-9-10-20-19(13-18)23(27-26-20)21-14-22(25-15-24-21)28-11-3-2-4-12-28/h5-10,13-15H,2-4,11-12H2,1H3,(H,26,27). The van der Waals surface area contributed by atoms with Crippen LogP contribution >= 0.6 is 0 Å². The Morgan fingerprint density at radius 2 is 1.64 bits per heavy atom. The van der Waals surface area contributed by atoms with Gasteiger partial charge in [-0.2, -0.15) is 5.10 Å². The molecule has 2 aromatic heterocycles. The minimum atomic E-state index is 0.864. The van der Waals surface area contributed by atoms with E-state index in [0.29, 0.717) is 0 Å². The summed E-state index contributed by atoms with van der Waals surface area (Å²) >= 11 is 0. The van der Waals surface area contributed by atoms with Crippen LogP contribution in [0.5, 0.6) is 0 Å². The summed E-state index contributed by atoms with van der Waals surface area (Å²) in [6.07, 6.45) is 5.42. The Bertz CT molecular complexity index is 1110. The van der Waals surface area contributed by atoms with Crippen molar-refractivity contribution in [3.8, 4) is 22.5 Å². The predicted octanol–water partition coefficient (Wildman–Crippen LogP) is 4.99. The van der Waals surface area contributed by atoms with Gasteiger partial charge in [0.25, 0.3) is 0 Å². The minimum absolute atomic E-state index is 0.864. The summed E-state index contributed by atoms with van der Waals surface area (Å²) in [5, 5.41) is 8.80. The Labute approximate surface area is 164 Å². The molecule has 5 nitrogen and oxygen atoms in total. The minimum Gasteiger partial charge on any atom is -0.357 e. The quantitative estimate of drug-likeness (QED) is 0.553. The first-order valence-electron chi connectivity index (χ1n) is 9.90. The fraction of sp³-hybridized carbons (Fsp3) is 0.261. The number of nitrogens with zero attached hydrogens (tertiary/aromatic N) is 4. The Morgan fingerprint density at radius 3 is 2.46 bits per heavy atom. The van der Waals surface area contributed by atoms with Crippen LogP contribution in [-0.2, 0) is 0 Å². The zero-order chi connectivity index (χ0) is 18.9. The molecule has 1 saturated heterocycles. The van der Waals surface area contributed by atoms with E-state index in [0.717, 1.165) is 41.2 Å². The Kier molecular flexibility index (Phi) is 4.28. The van der Waals surface area contributed by atoms with Crippen LogP contribution < -0.4 is 4.90 Å². The molecule has 28 heavy (non-hydrogen) atoms. The van der Waals surface area contributed by atoms with Gasteiger partial charge in [0.15, 0.2) is 0 Å². The monoisotopic (exact) mass is 369 g/mol. The lowest BCUT2D eigenvalue weighted by Gasteiger charge is -2.27. The van der Waals surface area contributed by atoms with Gasteiger partial charge in [0, 0.05) is 24.5 Å². The summed E-state index contributed by atoms with van der Waals surface area (Å²) in [6, 6.07) is 17.1. The van der Waals surface area contributed by atoms with E-state index in [1.165, 1.54) is 36.0 Å². The third-order valence-electron chi connectivity index (χ3n) is 5.52.